The second kappa shape index (κ2) is 7.90. The maximum atomic E-state index is 13.2. The highest BCUT2D eigenvalue weighted by atomic mass is 19.4. The first-order valence-electron chi connectivity index (χ1n) is 10.4. The summed E-state index contributed by atoms with van der Waals surface area (Å²) in [7, 11) is 0. The fourth-order valence-corrected chi connectivity index (χ4v) is 4.39. The van der Waals surface area contributed by atoms with Crippen molar-refractivity contribution in [1.29, 1.82) is 0 Å². The second-order valence-electron chi connectivity index (χ2n) is 7.99. The molecule has 6 heteroatoms. The lowest BCUT2D eigenvalue weighted by molar-refractivity contribution is -0.138. The van der Waals surface area contributed by atoms with E-state index < -0.39 is 23.5 Å². The molecule has 170 valence electrons. The van der Waals surface area contributed by atoms with Crippen LogP contribution in [-0.2, 0) is 12.4 Å². The van der Waals surface area contributed by atoms with Crippen molar-refractivity contribution in [2.24, 2.45) is 0 Å². The van der Waals surface area contributed by atoms with Crippen molar-refractivity contribution in [3.8, 4) is 22.3 Å². The Morgan fingerprint density at radius 2 is 0.647 bits per heavy atom. The molecule has 0 atom stereocenters. The number of hydrogen-bond donors (Lipinski definition) is 0. The lowest BCUT2D eigenvalue weighted by Crippen LogP contribution is -2.04. The summed E-state index contributed by atoms with van der Waals surface area (Å²) in [5.41, 5.74) is 0.898. The fraction of sp³-hybridized carbons (Fsp3) is 0.0714. The van der Waals surface area contributed by atoms with Crippen molar-refractivity contribution in [3.05, 3.63) is 108 Å². The molecule has 0 aliphatic heterocycles. The van der Waals surface area contributed by atoms with Crippen molar-refractivity contribution in [1.82, 2.24) is 0 Å². The zero-order chi connectivity index (χ0) is 24.1. The van der Waals surface area contributed by atoms with Crippen molar-refractivity contribution < 1.29 is 26.3 Å². The Labute approximate surface area is 191 Å². The summed E-state index contributed by atoms with van der Waals surface area (Å²) in [4.78, 5) is 0. The Balaban J connectivity index is 1.86. The standard InChI is InChI=1S/C28H16F6/c29-27(30,31)19-13-9-17(10-14-19)25-23-7-3-1-5-21(23)22-6-2-4-8-24(22)26(25)18-11-15-20(16-12-18)28(32,33)34/h1-16H. The van der Waals surface area contributed by atoms with E-state index in [1.807, 2.05) is 48.5 Å². The van der Waals surface area contributed by atoms with E-state index in [9.17, 15) is 26.3 Å². The van der Waals surface area contributed by atoms with Gasteiger partial charge >= 0.3 is 12.4 Å². The van der Waals surface area contributed by atoms with Crippen molar-refractivity contribution in [2.45, 2.75) is 12.4 Å². The van der Waals surface area contributed by atoms with Gasteiger partial charge in [-0.15, -0.1) is 0 Å². The molecule has 0 bridgehead atoms. The molecule has 0 amide bonds. The van der Waals surface area contributed by atoms with Gasteiger partial charge in [-0.05, 0) is 68.1 Å². The molecule has 0 N–H and O–H groups in total. The summed E-state index contributed by atoms with van der Waals surface area (Å²) in [6.07, 6.45) is -8.94. The SMILES string of the molecule is FC(F)(F)c1ccc(-c2c(-c3ccc(C(F)(F)F)cc3)c3ccccc3c3ccccc23)cc1. The predicted molar refractivity (Wildman–Crippen MR) is 122 cm³/mol. The summed E-state index contributed by atoms with van der Waals surface area (Å²) >= 11 is 0. The zero-order valence-electron chi connectivity index (χ0n) is 17.5. The van der Waals surface area contributed by atoms with Gasteiger partial charge in [0.05, 0.1) is 11.1 Å². The Bertz CT molecular complexity index is 1380. The molecule has 0 unspecified atom stereocenters. The molecule has 0 aliphatic carbocycles. The molecular weight excluding hydrogens is 450 g/mol. The Kier molecular flexibility index (Phi) is 5.12. The molecule has 0 fully saturated rings. The highest BCUT2D eigenvalue weighted by Gasteiger charge is 2.31. The smallest absolute Gasteiger partial charge is 0.166 e. The molecule has 5 aromatic carbocycles. The first-order chi connectivity index (χ1) is 16.1. The minimum atomic E-state index is -4.47. The first-order valence-corrected chi connectivity index (χ1v) is 10.4. The van der Waals surface area contributed by atoms with Crippen LogP contribution in [0.4, 0.5) is 26.3 Å². The molecule has 0 heterocycles. The minimum Gasteiger partial charge on any atom is -0.166 e. The van der Waals surface area contributed by atoms with Crippen LogP contribution in [0, 0.1) is 0 Å². The van der Waals surface area contributed by atoms with E-state index in [2.05, 4.69) is 0 Å². The van der Waals surface area contributed by atoms with Crippen LogP contribution in [0.1, 0.15) is 11.1 Å². The summed E-state index contributed by atoms with van der Waals surface area (Å²) in [6.45, 7) is 0. The van der Waals surface area contributed by atoms with Gasteiger partial charge in [0.25, 0.3) is 0 Å². The van der Waals surface area contributed by atoms with E-state index in [4.69, 9.17) is 0 Å². The topological polar surface area (TPSA) is 0 Å². The molecule has 5 rings (SSSR count). The van der Waals surface area contributed by atoms with E-state index >= 15 is 0 Å². The van der Waals surface area contributed by atoms with Crippen LogP contribution < -0.4 is 0 Å². The number of rotatable bonds is 2. The highest BCUT2D eigenvalue weighted by Crippen LogP contribution is 2.45. The van der Waals surface area contributed by atoms with Gasteiger partial charge in [-0.25, -0.2) is 0 Å². The molecule has 0 aromatic heterocycles. The van der Waals surface area contributed by atoms with Gasteiger partial charge in [0.2, 0.25) is 0 Å². The Morgan fingerprint density at radius 1 is 0.353 bits per heavy atom. The monoisotopic (exact) mass is 466 g/mol. The van der Waals surface area contributed by atoms with Crippen LogP contribution in [0.15, 0.2) is 97.1 Å². The van der Waals surface area contributed by atoms with Crippen LogP contribution in [0.3, 0.4) is 0 Å². The molecule has 0 nitrogen and oxygen atoms in total. The van der Waals surface area contributed by atoms with E-state index in [1.54, 1.807) is 0 Å². The molecule has 0 saturated heterocycles. The highest BCUT2D eigenvalue weighted by molar-refractivity contribution is 6.21. The van der Waals surface area contributed by atoms with E-state index in [0.717, 1.165) is 45.8 Å². The minimum absolute atomic E-state index is 0.546. The van der Waals surface area contributed by atoms with Gasteiger partial charge in [0.1, 0.15) is 0 Å². The predicted octanol–water partition coefficient (Wildman–Crippen LogP) is 9.36. The first kappa shape index (κ1) is 22.0. The third-order valence-corrected chi connectivity index (χ3v) is 5.93. The van der Waals surface area contributed by atoms with Crippen molar-refractivity contribution >= 4 is 21.5 Å². The lowest BCUT2D eigenvalue weighted by atomic mass is 9.84. The lowest BCUT2D eigenvalue weighted by Gasteiger charge is -2.19. The maximum absolute atomic E-state index is 13.2. The molecule has 5 aromatic rings. The molecule has 0 saturated carbocycles. The third-order valence-electron chi connectivity index (χ3n) is 5.93. The molecular formula is C28H16F6. The van der Waals surface area contributed by atoms with Gasteiger partial charge in [-0.2, -0.15) is 26.3 Å². The van der Waals surface area contributed by atoms with Gasteiger partial charge < -0.3 is 0 Å². The number of fused-ring (bicyclic) bond motifs is 3. The van der Waals surface area contributed by atoms with Crippen LogP contribution in [0.2, 0.25) is 0 Å². The summed E-state index contributed by atoms with van der Waals surface area (Å²) in [5.74, 6) is 0. The molecule has 0 aliphatic rings. The second-order valence-corrected chi connectivity index (χ2v) is 7.99. The van der Waals surface area contributed by atoms with Gasteiger partial charge in [0.15, 0.2) is 0 Å². The van der Waals surface area contributed by atoms with Gasteiger partial charge in [-0.3, -0.25) is 0 Å². The van der Waals surface area contributed by atoms with Crippen LogP contribution in [0.25, 0.3) is 43.8 Å². The van der Waals surface area contributed by atoms with Gasteiger partial charge in [-0.1, -0.05) is 72.8 Å². The normalized spacial score (nSPS) is 12.4. The largest absolute Gasteiger partial charge is 0.416 e. The van der Waals surface area contributed by atoms with Crippen LogP contribution in [-0.4, -0.2) is 0 Å². The number of hydrogen-bond acceptors (Lipinski definition) is 0. The summed E-state index contributed by atoms with van der Waals surface area (Å²) in [5, 5.41) is 3.42. The molecule has 0 radical (unpaired) electrons. The molecule has 0 spiro atoms. The van der Waals surface area contributed by atoms with Crippen molar-refractivity contribution in [3.63, 3.8) is 0 Å². The Hall–Kier alpha value is -3.80. The maximum Gasteiger partial charge on any atom is 0.416 e. The Morgan fingerprint density at radius 3 is 0.941 bits per heavy atom. The van der Waals surface area contributed by atoms with Crippen molar-refractivity contribution in [2.75, 3.05) is 0 Å². The average Bonchev–Trinajstić information content (AvgIpc) is 2.82. The average molecular weight is 466 g/mol. The number of alkyl halides is 6. The van der Waals surface area contributed by atoms with Crippen LogP contribution in [0.5, 0.6) is 0 Å². The summed E-state index contributed by atoms with van der Waals surface area (Å²) < 4.78 is 79.0. The van der Waals surface area contributed by atoms with Crippen LogP contribution >= 0.6 is 0 Å². The summed E-state index contributed by atoms with van der Waals surface area (Å²) in [6, 6.07) is 24.8. The van der Waals surface area contributed by atoms with E-state index in [1.165, 1.54) is 24.3 Å². The van der Waals surface area contributed by atoms with E-state index in [-0.39, 0.29) is 0 Å². The van der Waals surface area contributed by atoms with Gasteiger partial charge in [0, 0.05) is 0 Å². The molecule has 34 heavy (non-hydrogen) atoms. The van der Waals surface area contributed by atoms with E-state index in [0.29, 0.717) is 22.3 Å². The zero-order valence-corrected chi connectivity index (χ0v) is 17.5. The fourth-order valence-electron chi connectivity index (χ4n) is 4.39. The quantitative estimate of drug-likeness (QED) is 0.180. The third kappa shape index (κ3) is 3.79. The number of benzene rings is 5. The number of halogens is 6.